The molecule has 0 spiro atoms. The Hall–Kier alpha value is -3.18. The molecule has 2 N–H and O–H groups in total. The Morgan fingerprint density at radius 1 is 1.36 bits per heavy atom. The number of carboxylic acid groups (broad SMARTS) is 1. The number of likely N-dealkylation sites (tertiary alicyclic amines) is 1. The number of ether oxygens (including phenoxy) is 1. The van der Waals surface area contributed by atoms with Crippen LogP contribution in [0, 0.1) is 5.82 Å². The monoisotopic (exact) mass is 476 g/mol. The number of hydrogen-bond acceptors (Lipinski definition) is 8. The normalized spacial score (nSPS) is 25.5. The molecule has 3 heterocycles. The van der Waals surface area contributed by atoms with Crippen molar-refractivity contribution in [2.75, 3.05) is 20.2 Å². The number of carbonyl (C=O) groups is 2. The first-order valence-electron chi connectivity index (χ1n) is 10.2. The van der Waals surface area contributed by atoms with Crippen molar-refractivity contribution in [2.45, 2.75) is 31.1 Å². The molecule has 33 heavy (non-hydrogen) atoms. The lowest BCUT2D eigenvalue weighted by Gasteiger charge is -2.36. The fourth-order valence-corrected chi connectivity index (χ4v) is 4.84. The summed E-state index contributed by atoms with van der Waals surface area (Å²) in [5, 5.41) is 15.0. The standard InChI is InChI=1S/C22H22F2N4O4S/c1-22(12-3-5-13(23)6-4-12)17(21(31)32-2)15(26-18(27-22)19-25-7-8-33-19)11-28-10-14(24)9-16(28)20(29)30/h3-8,14,16H,9-11H2,1-2H3,(H,26,27)(H,29,30). The van der Waals surface area contributed by atoms with Gasteiger partial charge >= 0.3 is 11.9 Å². The summed E-state index contributed by atoms with van der Waals surface area (Å²) < 4.78 is 32.8. The summed E-state index contributed by atoms with van der Waals surface area (Å²) in [5.74, 6) is -1.91. The molecule has 2 aromatic rings. The molecule has 0 aliphatic carbocycles. The van der Waals surface area contributed by atoms with Crippen molar-refractivity contribution in [1.29, 1.82) is 0 Å². The molecule has 1 aromatic heterocycles. The number of thiazole rings is 1. The topological polar surface area (TPSA) is 104 Å². The minimum Gasteiger partial charge on any atom is -0.480 e. The van der Waals surface area contributed by atoms with E-state index in [1.165, 1.54) is 47.6 Å². The van der Waals surface area contributed by atoms with Crippen molar-refractivity contribution >= 4 is 29.1 Å². The van der Waals surface area contributed by atoms with Crippen LogP contribution < -0.4 is 5.32 Å². The van der Waals surface area contributed by atoms with Gasteiger partial charge < -0.3 is 15.2 Å². The summed E-state index contributed by atoms with van der Waals surface area (Å²) in [5.41, 5.74) is -0.315. The molecular formula is C22H22F2N4O4S. The second kappa shape index (κ2) is 8.99. The number of nitrogens with zero attached hydrogens (tertiary/aromatic N) is 3. The van der Waals surface area contributed by atoms with Gasteiger partial charge in [-0.3, -0.25) is 9.69 Å². The third kappa shape index (κ3) is 4.38. The number of halogens is 2. The molecule has 0 radical (unpaired) electrons. The number of benzene rings is 1. The van der Waals surface area contributed by atoms with Crippen LogP contribution >= 0.6 is 11.3 Å². The van der Waals surface area contributed by atoms with Crippen LogP contribution in [0.25, 0.3) is 0 Å². The highest BCUT2D eigenvalue weighted by Gasteiger charge is 2.44. The molecule has 0 saturated carbocycles. The van der Waals surface area contributed by atoms with E-state index >= 15 is 0 Å². The molecule has 4 rings (SSSR count). The Bertz CT molecular complexity index is 1120. The van der Waals surface area contributed by atoms with Gasteiger partial charge in [-0.1, -0.05) is 12.1 Å². The Morgan fingerprint density at radius 3 is 2.70 bits per heavy atom. The largest absolute Gasteiger partial charge is 0.480 e. The molecule has 1 aromatic carbocycles. The van der Waals surface area contributed by atoms with E-state index in [4.69, 9.17) is 9.73 Å². The summed E-state index contributed by atoms with van der Waals surface area (Å²) >= 11 is 1.32. The smallest absolute Gasteiger partial charge is 0.338 e. The quantitative estimate of drug-likeness (QED) is 0.618. The average Bonchev–Trinajstić information content (AvgIpc) is 3.43. The van der Waals surface area contributed by atoms with Gasteiger partial charge in [0.1, 0.15) is 23.6 Å². The number of carbonyl (C=O) groups excluding carboxylic acids is 1. The van der Waals surface area contributed by atoms with E-state index in [-0.39, 0.29) is 25.1 Å². The van der Waals surface area contributed by atoms with E-state index in [2.05, 4.69) is 10.3 Å². The Morgan fingerprint density at radius 2 is 2.09 bits per heavy atom. The van der Waals surface area contributed by atoms with Gasteiger partial charge in [0, 0.05) is 36.8 Å². The van der Waals surface area contributed by atoms with Crippen LogP contribution in [-0.2, 0) is 19.9 Å². The van der Waals surface area contributed by atoms with E-state index in [0.717, 1.165) is 0 Å². The van der Waals surface area contributed by atoms with Crippen LogP contribution in [0.5, 0.6) is 0 Å². The molecule has 8 nitrogen and oxygen atoms in total. The number of rotatable bonds is 6. The number of carboxylic acids is 1. The molecule has 0 amide bonds. The van der Waals surface area contributed by atoms with Crippen LogP contribution in [-0.4, -0.2) is 65.2 Å². The highest BCUT2D eigenvalue weighted by molar-refractivity contribution is 7.11. The number of esters is 1. The predicted octanol–water partition coefficient (Wildman–Crippen LogP) is 2.47. The highest BCUT2D eigenvalue weighted by Crippen LogP contribution is 2.39. The maximum atomic E-state index is 14.1. The van der Waals surface area contributed by atoms with Gasteiger partial charge in [-0.2, -0.15) is 0 Å². The fraction of sp³-hybridized carbons (Fsp3) is 0.364. The van der Waals surface area contributed by atoms with Gasteiger partial charge in [-0.25, -0.2) is 23.6 Å². The summed E-state index contributed by atoms with van der Waals surface area (Å²) in [7, 11) is 1.23. The zero-order valence-electron chi connectivity index (χ0n) is 17.9. The third-order valence-electron chi connectivity index (χ3n) is 5.82. The number of amidine groups is 1. The number of aliphatic imine (C=N–C) groups is 1. The number of methoxy groups -OCH3 is 1. The maximum absolute atomic E-state index is 14.1. The van der Waals surface area contributed by atoms with Crippen LogP contribution in [0.4, 0.5) is 8.78 Å². The molecule has 2 aliphatic rings. The third-order valence-corrected chi connectivity index (χ3v) is 6.60. The lowest BCUT2D eigenvalue weighted by atomic mass is 9.82. The highest BCUT2D eigenvalue weighted by atomic mass is 32.1. The molecule has 2 aliphatic heterocycles. The van der Waals surface area contributed by atoms with Gasteiger partial charge in [0.2, 0.25) is 0 Å². The number of aliphatic carboxylic acids is 1. The zero-order valence-corrected chi connectivity index (χ0v) is 18.7. The van der Waals surface area contributed by atoms with Gasteiger partial charge in [-0.05, 0) is 24.6 Å². The van der Waals surface area contributed by atoms with E-state index in [1.54, 1.807) is 18.5 Å². The predicted molar refractivity (Wildman–Crippen MR) is 117 cm³/mol. The SMILES string of the molecule is COC(=O)C1=C(CN2CC(F)CC2C(=O)O)NC(c2nccs2)=NC1(C)c1ccc(F)cc1. The minimum absolute atomic E-state index is 0.0526. The van der Waals surface area contributed by atoms with Crippen molar-refractivity contribution < 1.29 is 28.2 Å². The minimum atomic E-state index is -1.30. The number of hydrogen-bond donors (Lipinski definition) is 2. The second-order valence-electron chi connectivity index (χ2n) is 7.96. The molecule has 174 valence electrons. The van der Waals surface area contributed by atoms with Crippen molar-refractivity contribution in [3.63, 3.8) is 0 Å². The van der Waals surface area contributed by atoms with Crippen molar-refractivity contribution in [1.82, 2.24) is 15.2 Å². The fourth-order valence-electron chi connectivity index (χ4n) is 4.26. The molecule has 0 bridgehead atoms. The lowest BCUT2D eigenvalue weighted by molar-refractivity contribution is -0.142. The second-order valence-corrected chi connectivity index (χ2v) is 8.86. The van der Waals surface area contributed by atoms with E-state index < -0.39 is 35.5 Å². The van der Waals surface area contributed by atoms with Crippen molar-refractivity contribution in [2.24, 2.45) is 4.99 Å². The van der Waals surface area contributed by atoms with Gasteiger partial charge in [-0.15, -0.1) is 11.3 Å². The molecule has 1 fully saturated rings. The summed E-state index contributed by atoms with van der Waals surface area (Å²) in [4.78, 5) is 35.2. The summed E-state index contributed by atoms with van der Waals surface area (Å²) in [6.45, 7) is 1.55. The molecule has 11 heteroatoms. The summed E-state index contributed by atoms with van der Waals surface area (Å²) in [6, 6.07) is 4.55. The van der Waals surface area contributed by atoms with Gasteiger partial charge in [0.05, 0.1) is 12.7 Å². The number of nitrogens with one attached hydrogen (secondary N) is 1. The number of aromatic nitrogens is 1. The van der Waals surface area contributed by atoms with E-state index in [1.807, 2.05) is 0 Å². The van der Waals surface area contributed by atoms with Crippen LogP contribution in [0.2, 0.25) is 0 Å². The first kappa shape index (κ1) is 23.0. The van der Waals surface area contributed by atoms with Crippen molar-refractivity contribution in [3.05, 3.63) is 63.5 Å². The average molecular weight is 477 g/mol. The first-order chi connectivity index (χ1) is 15.7. The Kier molecular flexibility index (Phi) is 6.26. The maximum Gasteiger partial charge on any atom is 0.338 e. The molecule has 3 atom stereocenters. The molecular weight excluding hydrogens is 454 g/mol. The Labute approximate surface area is 192 Å². The van der Waals surface area contributed by atoms with Crippen LogP contribution in [0.15, 0.2) is 52.1 Å². The molecule has 1 saturated heterocycles. The summed E-state index contributed by atoms with van der Waals surface area (Å²) in [6.07, 6.45) is 0.166. The first-order valence-corrected chi connectivity index (χ1v) is 11.1. The van der Waals surface area contributed by atoms with Crippen LogP contribution in [0.1, 0.15) is 23.9 Å². The Balaban J connectivity index is 1.86. The van der Waals surface area contributed by atoms with Crippen molar-refractivity contribution in [3.8, 4) is 0 Å². The van der Waals surface area contributed by atoms with Crippen LogP contribution in [0.3, 0.4) is 0 Å². The zero-order chi connectivity index (χ0) is 23.8. The van der Waals surface area contributed by atoms with E-state index in [0.29, 0.717) is 22.1 Å². The van der Waals surface area contributed by atoms with E-state index in [9.17, 15) is 23.5 Å². The molecule has 3 unspecified atom stereocenters. The lowest BCUT2D eigenvalue weighted by Crippen LogP contribution is -2.46. The van der Waals surface area contributed by atoms with Gasteiger partial charge in [0.25, 0.3) is 0 Å². The van der Waals surface area contributed by atoms with Gasteiger partial charge in [0.15, 0.2) is 10.8 Å². The number of alkyl halides is 1.